The van der Waals surface area contributed by atoms with E-state index in [-0.39, 0.29) is 6.61 Å². The molecule has 1 fully saturated rings. The highest BCUT2D eigenvalue weighted by Crippen LogP contribution is 2.19. The molecule has 0 aromatic carbocycles. The summed E-state index contributed by atoms with van der Waals surface area (Å²) in [5.41, 5.74) is 4.85. The van der Waals surface area contributed by atoms with E-state index in [1.54, 1.807) is 0 Å². The minimum atomic E-state index is -1.19. The lowest BCUT2D eigenvalue weighted by molar-refractivity contribution is -0.0382. The van der Waals surface area contributed by atoms with Crippen LogP contribution in [0.15, 0.2) is 0 Å². The zero-order chi connectivity index (χ0) is 10.7. The minimum Gasteiger partial charge on any atom is -0.387 e. The number of methoxy groups -OCH3 is 1. The maximum atomic E-state index is 10.5. The van der Waals surface area contributed by atoms with Crippen molar-refractivity contribution in [2.75, 3.05) is 13.7 Å². The topological polar surface area (TPSA) is 114 Å². The third kappa shape index (κ3) is 2.32. The Bertz CT molecular complexity index is 212. The molecule has 1 heterocycles. The molecule has 1 rings (SSSR count). The number of hydrogen-bond donors (Lipinski definition) is 4. The molecule has 4 unspecified atom stereocenters. The van der Waals surface area contributed by atoms with Crippen molar-refractivity contribution in [2.45, 2.75) is 24.5 Å². The van der Waals surface area contributed by atoms with Crippen LogP contribution in [0.5, 0.6) is 0 Å². The van der Waals surface area contributed by atoms with Gasteiger partial charge >= 0.3 is 6.03 Å². The molecular weight excluding hydrogens is 192 g/mol. The molecule has 0 saturated carbocycles. The lowest BCUT2D eigenvalue weighted by Crippen LogP contribution is -2.45. The Morgan fingerprint density at radius 3 is 2.71 bits per heavy atom. The highest BCUT2D eigenvalue weighted by atomic mass is 16.6. The lowest BCUT2D eigenvalue weighted by atomic mass is 10.1. The Balaban J connectivity index is 2.52. The molecule has 14 heavy (non-hydrogen) atoms. The van der Waals surface area contributed by atoms with Gasteiger partial charge in [-0.1, -0.05) is 0 Å². The first kappa shape index (κ1) is 11.2. The molecule has 0 aromatic heterocycles. The molecule has 2 amide bonds. The van der Waals surface area contributed by atoms with E-state index in [0.29, 0.717) is 0 Å². The van der Waals surface area contributed by atoms with Crippen molar-refractivity contribution in [1.29, 1.82) is 0 Å². The van der Waals surface area contributed by atoms with Gasteiger partial charge in [0.05, 0.1) is 6.61 Å². The summed E-state index contributed by atoms with van der Waals surface area (Å²) in [5, 5.41) is 21.0. The molecule has 0 bridgehead atoms. The summed E-state index contributed by atoms with van der Waals surface area (Å²) < 4.78 is 9.86. The molecule has 1 aliphatic heterocycles. The van der Waals surface area contributed by atoms with E-state index in [1.165, 1.54) is 7.11 Å². The Kier molecular flexibility index (Phi) is 3.64. The number of rotatable bonds is 3. The summed E-state index contributed by atoms with van der Waals surface area (Å²) in [6.45, 7) is 0.134. The number of amides is 2. The number of carbonyl (C=O) groups excluding carboxylic acids is 1. The summed E-state index contributed by atoms with van der Waals surface area (Å²) in [5.74, 6) is 0. The van der Waals surface area contributed by atoms with Gasteiger partial charge in [-0.05, 0) is 0 Å². The maximum absolute atomic E-state index is 10.5. The quantitative estimate of drug-likeness (QED) is 0.416. The summed E-state index contributed by atoms with van der Waals surface area (Å²) in [4.78, 5) is 10.5. The molecule has 82 valence electrons. The fourth-order valence-corrected chi connectivity index (χ4v) is 1.31. The van der Waals surface area contributed by atoms with Gasteiger partial charge < -0.3 is 30.7 Å². The molecule has 7 nitrogen and oxygen atoms in total. The first-order valence-electron chi connectivity index (χ1n) is 4.12. The number of primary amides is 1. The number of hydrogen-bond acceptors (Lipinski definition) is 5. The zero-order valence-corrected chi connectivity index (χ0v) is 7.71. The van der Waals surface area contributed by atoms with E-state index in [2.05, 4.69) is 5.32 Å². The van der Waals surface area contributed by atoms with E-state index < -0.39 is 30.6 Å². The fraction of sp³-hybridized carbons (Fsp3) is 0.857. The molecule has 7 heteroatoms. The number of ether oxygens (including phenoxy) is 2. The SMILES string of the molecule is COCC1OC(NC(N)=O)C(O)C1O. The molecule has 0 spiro atoms. The van der Waals surface area contributed by atoms with Crippen molar-refractivity contribution in [3.8, 4) is 0 Å². The summed E-state index contributed by atoms with van der Waals surface area (Å²) in [6.07, 6.45) is -3.93. The van der Waals surface area contributed by atoms with E-state index in [1.807, 2.05) is 0 Å². The Morgan fingerprint density at radius 2 is 2.21 bits per heavy atom. The number of aliphatic hydroxyl groups excluding tert-OH is 2. The van der Waals surface area contributed by atoms with Gasteiger partial charge in [-0.15, -0.1) is 0 Å². The van der Waals surface area contributed by atoms with Gasteiger partial charge in [0.2, 0.25) is 0 Å². The fourth-order valence-electron chi connectivity index (χ4n) is 1.31. The molecule has 0 aliphatic carbocycles. The van der Waals surface area contributed by atoms with Crippen LogP contribution in [0, 0.1) is 0 Å². The molecule has 1 aliphatic rings. The predicted molar refractivity (Wildman–Crippen MR) is 45.3 cm³/mol. The lowest BCUT2D eigenvalue weighted by Gasteiger charge is -2.14. The second-order valence-electron chi connectivity index (χ2n) is 3.04. The number of carbonyl (C=O) groups is 1. The van der Waals surface area contributed by atoms with Gasteiger partial charge in [-0.3, -0.25) is 0 Å². The van der Waals surface area contributed by atoms with Gasteiger partial charge in [0.1, 0.15) is 18.3 Å². The van der Waals surface area contributed by atoms with Crippen LogP contribution in [-0.4, -0.2) is 54.5 Å². The van der Waals surface area contributed by atoms with Crippen LogP contribution in [-0.2, 0) is 9.47 Å². The largest absolute Gasteiger partial charge is 0.387 e. The number of nitrogens with one attached hydrogen (secondary N) is 1. The number of aliphatic hydroxyl groups is 2. The predicted octanol–water partition coefficient (Wildman–Crippen LogP) is -2.25. The number of urea groups is 1. The number of nitrogens with two attached hydrogens (primary N) is 1. The van der Waals surface area contributed by atoms with Crippen LogP contribution in [0.4, 0.5) is 4.79 Å². The molecule has 5 N–H and O–H groups in total. The van der Waals surface area contributed by atoms with Crippen LogP contribution in [0.2, 0.25) is 0 Å². The highest BCUT2D eigenvalue weighted by Gasteiger charge is 2.43. The van der Waals surface area contributed by atoms with Gasteiger partial charge in [-0.2, -0.15) is 0 Å². The second kappa shape index (κ2) is 4.56. The average Bonchev–Trinajstić information content (AvgIpc) is 2.34. The molecule has 0 aromatic rings. The van der Waals surface area contributed by atoms with Gasteiger partial charge in [0.15, 0.2) is 6.23 Å². The zero-order valence-electron chi connectivity index (χ0n) is 7.71. The average molecular weight is 206 g/mol. The van der Waals surface area contributed by atoms with Crippen LogP contribution in [0.3, 0.4) is 0 Å². The summed E-state index contributed by atoms with van der Waals surface area (Å²) >= 11 is 0. The first-order chi connectivity index (χ1) is 6.56. The van der Waals surface area contributed by atoms with Gasteiger partial charge in [0, 0.05) is 7.11 Å². The first-order valence-corrected chi connectivity index (χ1v) is 4.12. The Hall–Kier alpha value is -0.890. The smallest absolute Gasteiger partial charge is 0.314 e. The third-order valence-electron chi connectivity index (χ3n) is 1.98. The summed E-state index contributed by atoms with van der Waals surface area (Å²) in [6, 6.07) is -0.820. The van der Waals surface area contributed by atoms with Crippen LogP contribution < -0.4 is 11.1 Å². The van der Waals surface area contributed by atoms with Crippen molar-refractivity contribution in [3.05, 3.63) is 0 Å². The maximum Gasteiger partial charge on any atom is 0.314 e. The van der Waals surface area contributed by atoms with Crippen molar-refractivity contribution in [1.82, 2.24) is 5.32 Å². The highest BCUT2D eigenvalue weighted by molar-refractivity contribution is 5.71. The van der Waals surface area contributed by atoms with E-state index in [4.69, 9.17) is 15.2 Å². The molecule has 4 atom stereocenters. The van der Waals surface area contributed by atoms with E-state index in [9.17, 15) is 15.0 Å². The van der Waals surface area contributed by atoms with Crippen molar-refractivity contribution >= 4 is 6.03 Å². The standard InChI is InChI=1S/C7H14N2O5/c1-13-2-3-4(10)5(11)6(14-3)9-7(8)12/h3-6,10-11H,2H2,1H3,(H3,8,9,12). The van der Waals surface area contributed by atoms with E-state index >= 15 is 0 Å². The Morgan fingerprint density at radius 1 is 1.57 bits per heavy atom. The Labute approximate surface area is 80.8 Å². The van der Waals surface area contributed by atoms with Crippen LogP contribution in [0.1, 0.15) is 0 Å². The minimum absolute atomic E-state index is 0.134. The van der Waals surface area contributed by atoms with Crippen LogP contribution >= 0.6 is 0 Å². The second-order valence-corrected chi connectivity index (χ2v) is 3.04. The van der Waals surface area contributed by atoms with Gasteiger partial charge in [-0.25, -0.2) is 4.79 Å². The molecular formula is C7H14N2O5. The normalized spacial score (nSPS) is 37.1. The van der Waals surface area contributed by atoms with Gasteiger partial charge in [0.25, 0.3) is 0 Å². The molecule has 0 radical (unpaired) electrons. The summed E-state index contributed by atoms with van der Waals surface area (Å²) in [7, 11) is 1.44. The van der Waals surface area contributed by atoms with Crippen LogP contribution in [0.25, 0.3) is 0 Å². The van der Waals surface area contributed by atoms with Crippen molar-refractivity contribution in [2.24, 2.45) is 5.73 Å². The van der Waals surface area contributed by atoms with E-state index in [0.717, 1.165) is 0 Å². The monoisotopic (exact) mass is 206 g/mol. The third-order valence-corrected chi connectivity index (χ3v) is 1.98. The molecule has 1 saturated heterocycles. The van der Waals surface area contributed by atoms with Crippen molar-refractivity contribution in [3.63, 3.8) is 0 Å². The van der Waals surface area contributed by atoms with Crippen molar-refractivity contribution < 1.29 is 24.5 Å².